The first kappa shape index (κ1) is 21.1. The summed E-state index contributed by atoms with van der Waals surface area (Å²) in [6.07, 6.45) is -4.03. The van der Waals surface area contributed by atoms with Gasteiger partial charge in [0.05, 0.1) is 18.8 Å². The number of carbonyl (C=O) groups is 1. The number of oxazole rings is 1. The second-order valence-electron chi connectivity index (χ2n) is 6.44. The topological polar surface area (TPSA) is 106 Å². The number of ether oxygens (including phenoxy) is 2. The Kier molecular flexibility index (Phi) is 6.72. The first-order valence-electron chi connectivity index (χ1n) is 8.86. The Morgan fingerprint density at radius 3 is 2.76 bits per heavy atom. The van der Waals surface area contributed by atoms with E-state index in [1.54, 1.807) is 6.20 Å². The number of amides is 1. The van der Waals surface area contributed by atoms with Gasteiger partial charge in [-0.3, -0.25) is 4.74 Å². The third-order valence-corrected chi connectivity index (χ3v) is 4.37. The smallest absolute Gasteiger partial charge is 0.444 e. The van der Waals surface area contributed by atoms with Crippen LogP contribution in [-0.2, 0) is 15.9 Å². The summed E-state index contributed by atoms with van der Waals surface area (Å²) < 4.78 is 49.7. The lowest BCUT2D eigenvalue weighted by molar-refractivity contribution is -0.323. The minimum absolute atomic E-state index is 0.232. The van der Waals surface area contributed by atoms with E-state index in [0.717, 1.165) is 11.1 Å². The van der Waals surface area contributed by atoms with Crippen molar-refractivity contribution in [3.63, 3.8) is 0 Å². The largest absolute Gasteiger partial charge is 0.522 e. The molecule has 1 unspecified atom stereocenters. The van der Waals surface area contributed by atoms with Crippen LogP contribution in [-0.4, -0.2) is 60.5 Å². The van der Waals surface area contributed by atoms with Crippen molar-refractivity contribution in [2.24, 2.45) is 0 Å². The molecule has 0 radical (unpaired) electrons. The maximum absolute atomic E-state index is 11.9. The number of halogens is 3. The average Bonchev–Trinajstić information content (AvgIpc) is 3.31. The maximum atomic E-state index is 11.9. The van der Waals surface area contributed by atoms with Crippen LogP contribution in [0.5, 0.6) is 0 Å². The summed E-state index contributed by atoms with van der Waals surface area (Å²) in [6, 6.07) is 7.15. The standard InChI is InChI=1S/C18H20F3N3O5/c19-18(20,21)28-6-5-23-17(26)29-16-13(24-8-14(16)25)7-11-1-3-12(4-2-11)15-9-22-10-27-15/h1-4,9-10,13-14,16,24-25H,5-8H2,(H,23,26)/t13-,14?,16+/m1/s1. The number of nitrogens with zero attached hydrogens (tertiary/aromatic N) is 1. The van der Waals surface area contributed by atoms with Gasteiger partial charge in [0.15, 0.2) is 12.2 Å². The van der Waals surface area contributed by atoms with Crippen molar-refractivity contribution in [1.29, 1.82) is 0 Å². The zero-order chi connectivity index (χ0) is 20.9. The molecule has 3 rings (SSSR count). The third kappa shape index (κ3) is 6.17. The highest BCUT2D eigenvalue weighted by Crippen LogP contribution is 2.22. The summed E-state index contributed by atoms with van der Waals surface area (Å²) in [4.78, 5) is 15.7. The molecule has 158 valence electrons. The number of rotatable bonds is 7. The van der Waals surface area contributed by atoms with Crippen LogP contribution >= 0.6 is 0 Å². The molecule has 2 aromatic rings. The van der Waals surface area contributed by atoms with Crippen molar-refractivity contribution in [3.05, 3.63) is 42.4 Å². The van der Waals surface area contributed by atoms with Crippen molar-refractivity contribution in [2.45, 2.75) is 31.0 Å². The monoisotopic (exact) mass is 415 g/mol. The molecular weight excluding hydrogens is 395 g/mol. The molecule has 1 fully saturated rings. The van der Waals surface area contributed by atoms with E-state index in [9.17, 15) is 23.1 Å². The van der Waals surface area contributed by atoms with E-state index in [0.29, 0.717) is 12.2 Å². The van der Waals surface area contributed by atoms with Crippen LogP contribution in [0.4, 0.5) is 18.0 Å². The lowest BCUT2D eigenvalue weighted by Crippen LogP contribution is -2.42. The SMILES string of the molecule is O=C(NCCOC(F)(F)F)O[C@@H]1C(O)CN[C@@H]1Cc1ccc(-c2cnco2)cc1. The number of aliphatic hydroxyl groups excluding tert-OH is 1. The molecule has 1 aliphatic rings. The molecule has 1 aliphatic heterocycles. The van der Waals surface area contributed by atoms with Crippen molar-refractivity contribution in [3.8, 4) is 11.3 Å². The van der Waals surface area contributed by atoms with E-state index in [4.69, 9.17) is 9.15 Å². The summed E-state index contributed by atoms with van der Waals surface area (Å²) in [5.74, 6) is 0.637. The minimum Gasteiger partial charge on any atom is -0.444 e. The molecule has 3 N–H and O–H groups in total. The van der Waals surface area contributed by atoms with E-state index < -0.39 is 31.3 Å². The second-order valence-corrected chi connectivity index (χ2v) is 6.44. The first-order chi connectivity index (χ1) is 13.8. The average molecular weight is 415 g/mol. The first-order valence-corrected chi connectivity index (χ1v) is 8.86. The Morgan fingerprint density at radius 1 is 1.34 bits per heavy atom. The van der Waals surface area contributed by atoms with Crippen LogP contribution < -0.4 is 10.6 Å². The molecule has 0 aliphatic carbocycles. The number of alkyl carbamates (subject to hydrolysis) is 1. The molecule has 1 aromatic heterocycles. The predicted octanol–water partition coefficient (Wildman–Crippen LogP) is 1.85. The van der Waals surface area contributed by atoms with Gasteiger partial charge in [0.25, 0.3) is 0 Å². The van der Waals surface area contributed by atoms with E-state index in [1.165, 1.54) is 6.39 Å². The minimum atomic E-state index is -4.76. The van der Waals surface area contributed by atoms with Crippen LogP contribution in [0.2, 0.25) is 0 Å². The van der Waals surface area contributed by atoms with Gasteiger partial charge in [0.1, 0.15) is 12.2 Å². The number of aliphatic hydroxyl groups is 1. The number of hydrogen-bond acceptors (Lipinski definition) is 7. The zero-order valence-electron chi connectivity index (χ0n) is 15.2. The van der Waals surface area contributed by atoms with E-state index in [-0.39, 0.29) is 19.1 Å². The molecule has 1 amide bonds. The van der Waals surface area contributed by atoms with Crippen LogP contribution in [0.25, 0.3) is 11.3 Å². The molecule has 2 heterocycles. The summed E-state index contributed by atoms with van der Waals surface area (Å²) in [7, 11) is 0. The van der Waals surface area contributed by atoms with Gasteiger partial charge in [-0.1, -0.05) is 24.3 Å². The van der Waals surface area contributed by atoms with E-state index in [2.05, 4.69) is 20.4 Å². The van der Waals surface area contributed by atoms with Gasteiger partial charge in [-0.15, -0.1) is 13.2 Å². The summed E-state index contributed by atoms with van der Waals surface area (Å²) >= 11 is 0. The van der Waals surface area contributed by atoms with E-state index in [1.807, 2.05) is 24.3 Å². The Hall–Kier alpha value is -2.63. The number of benzene rings is 1. The van der Waals surface area contributed by atoms with Crippen LogP contribution in [0, 0.1) is 0 Å². The molecule has 8 nitrogen and oxygen atoms in total. The molecule has 1 saturated heterocycles. The molecule has 0 bridgehead atoms. The summed E-state index contributed by atoms with van der Waals surface area (Å²) in [5.41, 5.74) is 1.80. The fourth-order valence-corrected chi connectivity index (χ4v) is 3.02. The van der Waals surface area contributed by atoms with Crippen LogP contribution in [0.15, 0.2) is 41.3 Å². The van der Waals surface area contributed by atoms with Gasteiger partial charge in [0.2, 0.25) is 0 Å². The highest BCUT2D eigenvalue weighted by atomic mass is 19.4. The number of hydrogen-bond donors (Lipinski definition) is 3. The van der Waals surface area contributed by atoms with Crippen molar-refractivity contribution < 1.29 is 37.0 Å². The van der Waals surface area contributed by atoms with Gasteiger partial charge in [-0.2, -0.15) is 0 Å². The van der Waals surface area contributed by atoms with Gasteiger partial charge in [-0.05, 0) is 12.0 Å². The van der Waals surface area contributed by atoms with Gasteiger partial charge >= 0.3 is 12.5 Å². The molecule has 29 heavy (non-hydrogen) atoms. The van der Waals surface area contributed by atoms with Gasteiger partial charge < -0.3 is 24.9 Å². The Bertz CT molecular complexity index is 783. The lowest BCUT2D eigenvalue weighted by Gasteiger charge is -2.22. The summed E-state index contributed by atoms with van der Waals surface area (Å²) in [5, 5.41) is 15.3. The van der Waals surface area contributed by atoms with Crippen LogP contribution in [0.1, 0.15) is 5.56 Å². The lowest BCUT2D eigenvalue weighted by atomic mass is 10.0. The molecular formula is C18H20F3N3O5. The number of β-amino-alcohol motifs (C(OH)–C–C–N with tert-alkyl or cyclic N) is 1. The number of nitrogens with one attached hydrogen (secondary N) is 2. The second kappa shape index (κ2) is 9.25. The maximum Gasteiger partial charge on any atom is 0.522 e. The number of alkyl halides is 3. The molecule has 3 atom stereocenters. The Balaban J connectivity index is 1.50. The number of carbonyl (C=O) groups excluding carboxylic acids is 1. The normalized spacial score (nSPS) is 21.9. The van der Waals surface area contributed by atoms with Gasteiger partial charge in [0, 0.05) is 18.7 Å². The molecule has 1 aromatic carbocycles. The molecule has 0 spiro atoms. The number of aromatic nitrogens is 1. The quantitative estimate of drug-likeness (QED) is 0.593. The van der Waals surface area contributed by atoms with Crippen molar-refractivity contribution >= 4 is 6.09 Å². The fourth-order valence-electron chi connectivity index (χ4n) is 3.02. The van der Waals surface area contributed by atoms with Crippen molar-refractivity contribution in [2.75, 3.05) is 19.7 Å². The predicted molar refractivity (Wildman–Crippen MR) is 93.7 cm³/mol. The Labute approximate surface area is 164 Å². The zero-order valence-corrected chi connectivity index (χ0v) is 15.2. The summed E-state index contributed by atoms with van der Waals surface area (Å²) in [6.45, 7) is -0.872. The Morgan fingerprint density at radius 2 is 2.10 bits per heavy atom. The molecule has 0 saturated carbocycles. The van der Waals surface area contributed by atoms with Crippen LogP contribution in [0.3, 0.4) is 0 Å². The third-order valence-electron chi connectivity index (χ3n) is 4.37. The molecule has 11 heteroatoms. The van der Waals surface area contributed by atoms with Crippen molar-refractivity contribution in [1.82, 2.24) is 15.6 Å². The van der Waals surface area contributed by atoms with E-state index >= 15 is 0 Å². The highest BCUT2D eigenvalue weighted by Gasteiger charge is 2.37. The van der Waals surface area contributed by atoms with Gasteiger partial charge in [-0.25, -0.2) is 9.78 Å². The highest BCUT2D eigenvalue weighted by molar-refractivity contribution is 5.67. The fraction of sp³-hybridized carbons (Fsp3) is 0.444.